The van der Waals surface area contributed by atoms with Crippen LogP contribution in [0.4, 0.5) is 5.69 Å². The predicted octanol–water partition coefficient (Wildman–Crippen LogP) is 1.96. The summed E-state index contributed by atoms with van der Waals surface area (Å²) in [6.07, 6.45) is 4.28. The van der Waals surface area contributed by atoms with Gasteiger partial charge in [0.2, 0.25) is 0 Å². The molecule has 0 aliphatic heterocycles. The summed E-state index contributed by atoms with van der Waals surface area (Å²) in [5.41, 5.74) is 8.43. The number of anilines is 1. The van der Waals surface area contributed by atoms with Gasteiger partial charge in [0.25, 0.3) is 0 Å². The van der Waals surface area contributed by atoms with E-state index < -0.39 is 9.84 Å². The monoisotopic (exact) mass is 293 g/mol. The number of hydrogen-bond donors (Lipinski definition) is 1. The number of sulfone groups is 1. The molecule has 0 atom stereocenters. The van der Waals surface area contributed by atoms with Crippen molar-refractivity contribution in [3.05, 3.63) is 36.7 Å². The van der Waals surface area contributed by atoms with Crippen molar-refractivity contribution >= 4 is 15.5 Å². The second-order valence-electron chi connectivity index (χ2n) is 4.70. The third-order valence-corrected chi connectivity index (χ3v) is 4.95. The summed E-state index contributed by atoms with van der Waals surface area (Å²) in [6.45, 7) is 2.27. The molecule has 0 aliphatic rings. The van der Waals surface area contributed by atoms with Gasteiger partial charge in [-0.25, -0.2) is 8.42 Å². The first-order valence-corrected chi connectivity index (χ1v) is 8.41. The second-order valence-corrected chi connectivity index (χ2v) is 7.18. The van der Waals surface area contributed by atoms with Crippen LogP contribution in [0.15, 0.2) is 36.7 Å². The van der Waals surface area contributed by atoms with Gasteiger partial charge in [-0.3, -0.25) is 4.68 Å². The normalized spacial score (nSPS) is 11.7. The Labute approximate surface area is 119 Å². The maximum atomic E-state index is 11.4. The van der Waals surface area contributed by atoms with Crippen LogP contribution in [-0.4, -0.2) is 29.7 Å². The Morgan fingerprint density at radius 2 is 1.90 bits per heavy atom. The summed E-state index contributed by atoms with van der Waals surface area (Å²) in [7, 11) is -2.89. The number of aryl methyl sites for hydroxylation is 1. The molecule has 6 heteroatoms. The SMILES string of the molecule is CCS(=O)(=O)CCCn1cc(-c2ccc(N)cc2)cn1. The zero-order chi connectivity index (χ0) is 14.6. The van der Waals surface area contributed by atoms with E-state index in [2.05, 4.69) is 5.10 Å². The van der Waals surface area contributed by atoms with Crippen molar-refractivity contribution in [3.63, 3.8) is 0 Å². The molecule has 0 bridgehead atoms. The first-order valence-electron chi connectivity index (χ1n) is 6.59. The molecule has 2 aromatic rings. The van der Waals surface area contributed by atoms with Crippen LogP contribution in [-0.2, 0) is 16.4 Å². The minimum absolute atomic E-state index is 0.197. The Morgan fingerprint density at radius 3 is 2.55 bits per heavy atom. The number of hydrogen-bond acceptors (Lipinski definition) is 4. The summed E-state index contributed by atoms with van der Waals surface area (Å²) in [5, 5.41) is 4.25. The molecule has 2 rings (SSSR count). The third-order valence-electron chi connectivity index (χ3n) is 3.16. The molecular weight excluding hydrogens is 274 g/mol. The minimum Gasteiger partial charge on any atom is -0.399 e. The fourth-order valence-electron chi connectivity index (χ4n) is 1.90. The van der Waals surface area contributed by atoms with Crippen molar-refractivity contribution in [1.82, 2.24) is 9.78 Å². The highest BCUT2D eigenvalue weighted by Crippen LogP contribution is 2.19. The number of aromatic nitrogens is 2. The summed E-state index contributed by atoms with van der Waals surface area (Å²) < 4.78 is 24.6. The van der Waals surface area contributed by atoms with Crippen LogP contribution in [0.2, 0.25) is 0 Å². The molecule has 0 amide bonds. The first-order chi connectivity index (χ1) is 9.50. The van der Waals surface area contributed by atoms with Crippen LogP contribution < -0.4 is 5.73 Å². The molecule has 0 unspecified atom stereocenters. The molecule has 0 radical (unpaired) electrons. The van der Waals surface area contributed by atoms with Crippen LogP contribution >= 0.6 is 0 Å². The van der Waals surface area contributed by atoms with Crippen molar-refractivity contribution in [2.24, 2.45) is 0 Å². The molecule has 20 heavy (non-hydrogen) atoms. The van der Waals surface area contributed by atoms with E-state index in [1.165, 1.54) is 0 Å². The number of rotatable bonds is 6. The summed E-state index contributed by atoms with van der Waals surface area (Å²) >= 11 is 0. The largest absolute Gasteiger partial charge is 0.399 e. The second kappa shape index (κ2) is 6.09. The van der Waals surface area contributed by atoms with Gasteiger partial charge in [0.1, 0.15) is 9.84 Å². The molecule has 1 aromatic heterocycles. The lowest BCUT2D eigenvalue weighted by Crippen LogP contribution is -2.11. The van der Waals surface area contributed by atoms with Gasteiger partial charge >= 0.3 is 0 Å². The lowest BCUT2D eigenvalue weighted by molar-refractivity contribution is 0.573. The van der Waals surface area contributed by atoms with E-state index in [0.29, 0.717) is 13.0 Å². The maximum Gasteiger partial charge on any atom is 0.150 e. The third kappa shape index (κ3) is 3.84. The smallest absolute Gasteiger partial charge is 0.150 e. The molecule has 5 nitrogen and oxygen atoms in total. The van der Waals surface area contributed by atoms with Crippen LogP contribution in [0.25, 0.3) is 11.1 Å². The molecule has 1 aromatic carbocycles. The van der Waals surface area contributed by atoms with E-state index in [0.717, 1.165) is 16.8 Å². The average molecular weight is 293 g/mol. The first kappa shape index (κ1) is 14.6. The average Bonchev–Trinajstić information content (AvgIpc) is 2.88. The summed E-state index contributed by atoms with van der Waals surface area (Å²) in [5.74, 6) is 0.406. The molecule has 1 heterocycles. The Morgan fingerprint density at radius 1 is 1.20 bits per heavy atom. The van der Waals surface area contributed by atoms with Gasteiger partial charge < -0.3 is 5.73 Å². The van der Waals surface area contributed by atoms with Gasteiger partial charge in [0, 0.05) is 29.7 Å². The fraction of sp³-hybridized carbons (Fsp3) is 0.357. The molecular formula is C14H19N3O2S. The predicted molar refractivity (Wildman–Crippen MR) is 81.0 cm³/mol. The lowest BCUT2D eigenvalue weighted by Gasteiger charge is -2.02. The van der Waals surface area contributed by atoms with E-state index in [4.69, 9.17) is 5.73 Å². The topological polar surface area (TPSA) is 78.0 Å². The molecule has 2 N–H and O–H groups in total. The van der Waals surface area contributed by atoms with E-state index >= 15 is 0 Å². The van der Waals surface area contributed by atoms with Crippen molar-refractivity contribution in [3.8, 4) is 11.1 Å². The minimum atomic E-state index is -2.89. The fourth-order valence-corrected chi connectivity index (χ4v) is 2.76. The van der Waals surface area contributed by atoms with E-state index in [1.54, 1.807) is 17.8 Å². The van der Waals surface area contributed by atoms with Gasteiger partial charge in [-0.2, -0.15) is 5.10 Å². The lowest BCUT2D eigenvalue weighted by atomic mass is 10.1. The van der Waals surface area contributed by atoms with E-state index in [-0.39, 0.29) is 11.5 Å². The van der Waals surface area contributed by atoms with Gasteiger partial charge in [-0.15, -0.1) is 0 Å². The number of nitrogens with two attached hydrogens (primary N) is 1. The Bertz CT molecular complexity index is 660. The number of nitrogens with zero attached hydrogens (tertiary/aromatic N) is 2. The van der Waals surface area contributed by atoms with Gasteiger partial charge in [0.15, 0.2) is 0 Å². The molecule has 0 aliphatic carbocycles. The number of nitrogen functional groups attached to an aromatic ring is 1. The Kier molecular flexibility index (Phi) is 4.44. The van der Waals surface area contributed by atoms with Crippen LogP contribution in [0.5, 0.6) is 0 Å². The summed E-state index contributed by atoms with van der Waals surface area (Å²) in [4.78, 5) is 0. The van der Waals surface area contributed by atoms with Gasteiger partial charge in [-0.1, -0.05) is 19.1 Å². The molecule has 0 fully saturated rings. The maximum absolute atomic E-state index is 11.4. The molecule has 0 spiro atoms. The highest BCUT2D eigenvalue weighted by molar-refractivity contribution is 7.91. The van der Waals surface area contributed by atoms with Crippen molar-refractivity contribution in [1.29, 1.82) is 0 Å². The Balaban J connectivity index is 1.97. The zero-order valence-electron chi connectivity index (χ0n) is 11.5. The van der Waals surface area contributed by atoms with Gasteiger partial charge in [0.05, 0.1) is 11.9 Å². The van der Waals surface area contributed by atoms with Crippen molar-refractivity contribution in [2.75, 3.05) is 17.2 Å². The van der Waals surface area contributed by atoms with Crippen LogP contribution in [0.1, 0.15) is 13.3 Å². The van der Waals surface area contributed by atoms with Crippen molar-refractivity contribution < 1.29 is 8.42 Å². The zero-order valence-corrected chi connectivity index (χ0v) is 12.3. The quantitative estimate of drug-likeness (QED) is 0.826. The molecule has 0 saturated carbocycles. The van der Waals surface area contributed by atoms with Gasteiger partial charge in [-0.05, 0) is 24.1 Å². The van der Waals surface area contributed by atoms with E-state index in [1.807, 2.05) is 30.5 Å². The number of benzene rings is 1. The molecule has 108 valence electrons. The standard InChI is InChI=1S/C14H19N3O2S/c1-2-20(18,19)9-3-8-17-11-13(10-16-17)12-4-6-14(15)7-5-12/h4-7,10-11H,2-3,8-9,15H2,1H3. The van der Waals surface area contributed by atoms with Crippen molar-refractivity contribution in [2.45, 2.75) is 19.9 Å². The highest BCUT2D eigenvalue weighted by atomic mass is 32.2. The molecule has 0 saturated heterocycles. The van der Waals surface area contributed by atoms with E-state index in [9.17, 15) is 8.42 Å². The Hall–Kier alpha value is -1.82. The van der Waals surface area contributed by atoms with Crippen LogP contribution in [0, 0.1) is 0 Å². The summed E-state index contributed by atoms with van der Waals surface area (Å²) in [6, 6.07) is 7.58. The van der Waals surface area contributed by atoms with Crippen LogP contribution in [0.3, 0.4) is 0 Å². The highest BCUT2D eigenvalue weighted by Gasteiger charge is 2.07.